The second-order valence-electron chi connectivity index (χ2n) is 5.63. The molecule has 1 aliphatic rings. The van der Waals surface area contributed by atoms with Gasteiger partial charge < -0.3 is 0 Å². The van der Waals surface area contributed by atoms with Crippen LogP contribution in [0.15, 0.2) is 72.2 Å². The van der Waals surface area contributed by atoms with Crippen LogP contribution in [0.3, 0.4) is 0 Å². The van der Waals surface area contributed by atoms with E-state index >= 15 is 0 Å². The fourth-order valence-corrected chi connectivity index (χ4v) is 3.69. The van der Waals surface area contributed by atoms with Crippen molar-refractivity contribution in [1.29, 1.82) is 0 Å². The first-order valence-electron chi connectivity index (χ1n) is 7.82. The third kappa shape index (κ3) is 2.45. The Bertz CT molecular complexity index is 726. The van der Waals surface area contributed by atoms with Crippen LogP contribution >= 0.6 is 11.3 Å². The third-order valence-electron chi connectivity index (χ3n) is 4.22. The Kier molecular flexibility index (Phi) is 3.93. The van der Waals surface area contributed by atoms with Crippen LogP contribution in [0.25, 0.3) is 0 Å². The fourth-order valence-electron chi connectivity index (χ4n) is 3.04. The SMILES string of the molecule is CN1C(c2ccccc2)N(c2nccs2)N(c2ccccc2)N1C. The predicted octanol–water partition coefficient (Wildman–Crippen LogP) is 3.78. The number of nitrogens with zero attached hydrogens (tertiary/aromatic N) is 5. The molecule has 2 aromatic carbocycles. The van der Waals surface area contributed by atoms with Crippen molar-refractivity contribution in [3.63, 3.8) is 0 Å². The highest BCUT2D eigenvalue weighted by Crippen LogP contribution is 2.40. The zero-order valence-corrected chi connectivity index (χ0v) is 14.5. The van der Waals surface area contributed by atoms with Crippen molar-refractivity contribution in [3.05, 3.63) is 77.8 Å². The highest BCUT2D eigenvalue weighted by Gasteiger charge is 2.43. The maximum Gasteiger partial charge on any atom is 0.207 e. The maximum atomic E-state index is 4.57. The number of hydrazine groups is 3. The zero-order valence-electron chi connectivity index (χ0n) is 13.6. The van der Waals surface area contributed by atoms with Crippen LogP contribution in [-0.4, -0.2) is 29.2 Å². The summed E-state index contributed by atoms with van der Waals surface area (Å²) < 4.78 is 0. The van der Waals surface area contributed by atoms with E-state index in [9.17, 15) is 0 Å². The van der Waals surface area contributed by atoms with E-state index in [1.807, 2.05) is 23.7 Å². The second-order valence-corrected chi connectivity index (χ2v) is 6.50. The van der Waals surface area contributed by atoms with E-state index in [1.165, 1.54) is 5.56 Å². The summed E-state index contributed by atoms with van der Waals surface area (Å²) in [6.45, 7) is 0. The average Bonchev–Trinajstić information content (AvgIpc) is 3.24. The van der Waals surface area contributed by atoms with Gasteiger partial charge in [-0.3, -0.25) is 0 Å². The van der Waals surface area contributed by atoms with Gasteiger partial charge in [0, 0.05) is 25.7 Å². The molecule has 0 amide bonds. The third-order valence-corrected chi connectivity index (χ3v) is 4.98. The number of benzene rings is 2. The number of thiazole rings is 1. The van der Waals surface area contributed by atoms with Gasteiger partial charge in [0.05, 0.1) is 5.69 Å². The topological polar surface area (TPSA) is 25.9 Å². The van der Waals surface area contributed by atoms with Gasteiger partial charge >= 0.3 is 0 Å². The van der Waals surface area contributed by atoms with Gasteiger partial charge in [0.15, 0.2) is 0 Å². The first kappa shape index (κ1) is 15.1. The van der Waals surface area contributed by atoms with Gasteiger partial charge in [0.1, 0.15) is 6.17 Å². The van der Waals surface area contributed by atoms with Gasteiger partial charge in [-0.05, 0) is 17.7 Å². The molecule has 0 N–H and O–H groups in total. The van der Waals surface area contributed by atoms with Crippen LogP contribution < -0.4 is 10.1 Å². The molecule has 5 nitrogen and oxygen atoms in total. The lowest BCUT2D eigenvalue weighted by Gasteiger charge is -2.33. The van der Waals surface area contributed by atoms with E-state index in [4.69, 9.17) is 0 Å². The molecule has 0 bridgehead atoms. The second kappa shape index (κ2) is 6.24. The quantitative estimate of drug-likeness (QED) is 0.725. The minimum Gasteiger partial charge on any atom is -0.227 e. The standard InChI is InChI=1S/C18H19N5S/c1-20-17(15-9-5-3-6-10-15)22(18-19-13-14-24-18)23(21(20)2)16-11-7-4-8-12-16/h3-14,17H,1-2H3. The average molecular weight is 337 g/mol. The minimum absolute atomic E-state index is 0.0440. The van der Waals surface area contributed by atoms with E-state index in [1.54, 1.807) is 11.3 Å². The molecule has 122 valence electrons. The molecule has 1 aromatic heterocycles. The van der Waals surface area contributed by atoms with E-state index in [2.05, 4.69) is 87.9 Å². The molecule has 1 unspecified atom stereocenters. The van der Waals surface area contributed by atoms with Crippen LogP contribution in [0.5, 0.6) is 0 Å². The van der Waals surface area contributed by atoms with Gasteiger partial charge in [0.2, 0.25) is 5.13 Å². The van der Waals surface area contributed by atoms with Gasteiger partial charge in [0.25, 0.3) is 0 Å². The fraction of sp³-hybridized carbons (Fsp3) is 0.167. The van der Waals surface area contributed by atoms with Gasteiger partial charge in [-0.15, -0.1) is 16.5 Å². The molecule has 1 fully saturated rings. The molecule has 0 radical (unpaired) electrons. The van der Waals surface area contributed by atoms with E-state index < -0.39 is 0 Å². The lowest BCUT2D eigenvalue weighted by atomic mass is 10.1. The molecule has 24 heavy (non-hydrogen) atoms. The highest BCUT2D eigenvalue weighted by molar-refractivity contribution is 7.13. The molecular weight excluding hydrogens is 318 g/mol. The number of hydrogen-bond donors (Lipinski definition) is 0. The van der Waals surface area contributed by atoms with Crippen molar-refractivity contribution in [2.24, 2.45) is 0 Å². The normalized spacial score (nSPS) is 19.2. The van der Waals surface area contributed by atoms with E-state index in [0.717, 1.165) is 10.8 Å². The van der Waals surface area contributed by atoms with Crippen LogP contribution in [0, 0.1) is 0 Å². The predicted molar refractivity (Wildman–Crippen MR) is 98.2 cm³/mol. The Labute approximate surface area is 145 Å². The molecule has 6 heteroatoms. The Hall–Kier alpha value is -2.41. The molecule has 0 aliphatic carbocycles. The molecule has 0 spiro atoms. The van der Waals surface area contributed by atoms with Crippen molar-refractivity contribution < 1.29 is 0 Å². The minimum atomic E-state index is 0.0440. The van der Waals surface area contributed by atoms with E-state index in [-0.39, 0.29) is 6.17 Å². The lowest BCUT2D eigenvalue weighted by Crippen LogP contribution is -2.45. The summed E-state index contributed by atoms with van der Waals surface area (Å²) in [6, 6.07) is 20.9. The van der Waals surface area contributed by atoms with Crippen molar-refractivity contribution in [2.45, 2.75) is 6.17 Å². The number of anilines is 2. The summed E-state index contributed by atoms with van der Waals surface area (Å²) in [5.41, 5.74) is 2.32. The summed E-state index contributed by atoms with van der Waals surface area (Å²) >= 11 is 1.64. The molecule has 2 heterocycles. The number of para-hydroxylation sites is 1. The van der Waals surface area contributed by atoms with Gasteiger partial charge in [-0.2, -0.15) is 10.1 Å². The summed E-state index contributed by atoms with van der Waals surface area (Å²) in [5.74, 6) is 0. The summed E-state index contributed by atoms with van der Waals surface area (Å²) in [7, 11) is 4.16. The van der Waals surface area contributed by atoms with Crippen LogP contribution in [0.2, 0.25) is 0 Å². The first-order chi connectivity index (χ1) is 11.8. The Balaban J connectivity index is 1.85. The summed E-state index contributed by atoms with van der Waals surface area (Å²) in [5, 5.41) is 11.7. The molecule has 1 aliphatic heterocycles. The van der Waals surface area contributed by atoms with Crippen molar-refractivity contribution >= 4 is 22.2 Å². The van der Waals surface area contributed by atoms with Crippen molar-refractivity contribution in [2.75, 3.05) is 24.2 Å². The van der Waals surface area contributed by atoms with Crippen LogP contribution in [0.1, 0.15) is 11.7 Å². The molecule has 0 saturated carbocycles. The van der Waals surface area contributed by atoms with Gasteiger partial charge in [-0.25, -0.2) is 9.99 Å². The molecular formula is C18H19N5S. The molecule has 4 rings (SSSR count). The maximum absolute atomic E-state index is 4.57. The van der Waals surface area contributed by atoms with Crippen molar-refractivity contribution in [1.82, 2.24) is 15.1 Å². The Morgan fingerprint density at radius 2 is 1.58 bits per heavy atom. The van der Waals surface area contributed by atoms with Gasteiger partial charge in [-0.1, -0.05) is 48.5 Å². The first-order valence-corrected chi connectivity index (χ1v) is 8.70. The van der Waals surface area contributed by atoms with Crippen LogP contribution in [0.4, 0.5) is 10.8 Å². The zero-order chi connectivity index (χ0) is 16.5. The lowest BCUT2D eigenvalue weighted by molar-refractivity contribution is 0.0431. The number of hydrogen-bond acceptors (Lipinski definition) is 6. The summed E-state index contributed by atoms with van der Waals surface area (Å²) in [6.07, 6.45) is 1.89. The highest BCUT2D eigenvalue weighted by atomic mass is 32.1. The monoisotopic (exact) mass is 337 g/mol. The number of rotatable bonds is 3. The largest absolute Gasteiger partial charge is 0.227 e. The Morgan fingerprint density at radius 1 is 0.917 bits per heavy atom. The smallest absolute Gasteiger partial charge is 0.207 e. The Morgan fingerprint density at radius 3 is 2.21 bits per heavy atom. The number of aromatic nitrogens is 1. The molecule has 3 aromatic rings. The molecule has 1 saturated heterocycles. The van der Waals surface area contributed by atoms with Crippen LogP contribution in [-0.2, 0) is 0 Å². The van der Waals surface area contributed by atoms with Crippen molar-refractivity contribution in [3.8, 4) is 0 Å². The molecule has 1 atom stereocenters. The van der Waals surface area contributed by atoms with E-state index in [0.29, 0.717) is 0 Å². The summed E-state index contributed by atoms with van der Waals surface area (Å²) in [4.78, 5) is 4.57.